The van der Waals surface area contributed by atoms with Crippen LogP contribution < -0.4 is 4.74 Å². The zero-order chi connectivity index (χ0) is 14.7. The molecule has 2 rings (SSSR count). The van der Waals surface area contributed by atoms with Gasteiger partial charge in [0.15, 0.2) is 0 Å². The lowest BCUT2D eigenvalue weighted by Gasteiger charge is -2.11. The largest absolute Gasteiger partial charge is 0.497 e. The van der Waals surface area contributed by atoms with Gasteiger partial charge in [-0.2, -0.15) is 5.10 Å². The van der Waals surface area contributed by atoms with Crippen molar-refractivity contribution in [1.82, 2.24) is 9.78 Å². The van der Waals surface area contributed by atoms with Gasteiger partial charge in [0, 0.05) is 19.0 Å². The monoisotopic (exact) mass is 294 g/mol. The number of aliphatic hydroxyl groups excluding tert-OH is 1. The van der Waals surface area contributed by atoms with Gasteiger partial charge in [0.1, 0.15) is 10.9 Å². The summed E-state index contributed by atoms with van der Waals surface area (Å²) in [6.07, 6.45) is 0.555. The van der Waals surface area contributed by atoms with Crippen molar-refractivity contribution in [2.45, 2.75) is 25.9 Å². The van der Waals surface area contributed by atoms with Crippen LogP contribution in [-0.4, -0.2) is 28.1 Å². The Hall–Kier alpha value is -1.52. The Labute approximate surface area is 123 Å². The third-order valence-electron chi connectivity index (χ3n) is 3.32. The maximum atomic E-state index is 10.2. The fraction of sp³-hybridized carbons (Fsp3) is 0.400. The number of hydrogen-bond donors (Lipinski definition) is 1. The predicted octanol–water partition coefficient (Wildman–Crippen LogP) is 2.54. The lowest BCUT2D eigenvalue weighted by molar-refractivity contribution is 0.175. The second-order valence-corrected chi connectivity index (χ2v) is 5.25. The molecule has 0 spiro atoms. The summed E-state index contributed by atoms with van der Waals surface area (Å²) in [4.78, 5) is 0. The Balaban J connectivity index is 2.06. The van der Waals surface area contributed by atoms with Crippen LogP contribution in [0.4, 0.5) is 0 Å². The van der Waals surface area contributed by atoms with Crippen LogP contribution in [0.15, 0.2) is 24.3 Å². The van der Waals surface area contributed by atoms with Crippen LogP contribution in [0.5, 0.6) is 5.75 Å². The number of aryl methyl sites for hydroxylation is 2. The van der Waals surface area contributed by atoms with E-state index in [9.17, 15) is 5.11 Å². The average Bonchev–Trinajstić information content (AvgIpc) is 2.65. The minimum absolute atomic E-state index is 0.496. The Kier molecular flexibility index (Phi) is 4.68. The average molecular weight is 295 g/mol. The number of halogens is 1. The molecule has 0 aliphatic carbocycles. The van der Waals surface area contributed by atoms with Gasteiger partial charge in [-0.1, -0.05) is 23.7 Å². The zero-order valence-corrected chi connectivity index (χ0v) is 12.7. The van der Waals surface area contributed by atoms with Crippen molar-refractivity contribution in [3.8, 4) is 5.75 Å². The molecule has 1 aromatic carbocycles. The summed E-state index contributed by atoms with van der Waals surface area (Å²) in [5.74, 6) is 0.797. The molecule has 0 saturated heterocycles. The number of aliphatic hydroxyl groups is 1. The van der Waals surface area contributed by atoms with Gasteiger partial charge in [-0.15, -0.1) is 0 Å². The molecule has 0 aliphatic rings. The molecule has 1 atom stereocenters. The number of aromatic nitrogens is 2. The smallest absolute Gasteiger partial charge is 0.130 e. The lowest BCUT2D eigenvalue weighted by atomic mass is 10.0. The van der Waals surface area contributed by atoms with Crippen molar-refractivity contribution < 1.29 is 9.84 Å². The van der Waals surface area contributed by atoms with Crippen LogP contribution in [0, 0.1) is 6.92 Å². The topological polar surface area (TPSA) is 47.3 Å². The van der Waals surface area contributed by atoms with E-state index >= 15 is 0 Å². The molecule has 0 bridgehead atoms. The summed E-state index contributed by atoms with van der Waals surface area (Å²) in [5.41, 5.74) is 2.81. The summed E-state index contributed by atoms with van der Waals surface area (Å²) in [5, 5.41) is 15.1. The highest BCUT2D eigenvalue weighted by Gasteiger charge is 2.16. The first-order chi connectivity index (χ1) is 9.51. The molecular formula is C15H19ClN2O2. The molecule has 0 aliphatic heterocycles. The molecule has 2 aromatic rings. The third kappa shape index (κ3) is 3.32. The molecule has 5 heteroatoms. The van der Waals surface area contributed by atoms with Crippen molar-refractivity contribution in [3.05, 3.63) is 46.2 Å². The molecule has 0 saturated carbocycles. The predicted molar refractivity (Wildman–Crippen MR) is 79.4 cm³/mol. The van der Waals surface area contributed by atoms with E-state index < -0.39 is 6.10 Å². The minimum Gasteiger partial charge on any atom is -0.497 e. The highest BCUT2D eigenvalue weighted by molar-refractivity contribution is 6.30. The first-order valence-corrected chi connectivity index (χ1v) is 6.88. The van der Waals surface area contributed by atoms with Crippen LogP contribution in [0.1, 0.15) is 16.8 Å². The normalized spacial score (nSPS) is 12.4. The van der Waals surface area contributed by atoms with E-state index in [-0.39, 0.29) is 0 Å². The number of nitrogens with zero attached hydrogens (tertiary/aromatic N) is 2. The van der Waals surface area contributed by atoms with Gasteiger partial charge < -0.3 is 9.84 Å². The van der Waals surface area contributed by atoms with Crippen molar-refractivity contribution in [3.63, 3.8) is 0 Å². The van der Waals surface area contributed by atoms with Crippen LogP contribution in [0.3, 0.4) is 0 Å². The Morgan fingerprint density at radius 3 is 2.75 bits per heavy atom. The van der Waals surface area contributed by atoms with E-state index in [4.69, 9.17) is 16.3 Å². The summed E-state index contributed by atoms with van der Waals surface area (Å²) in [7, 11) is 3.43. The number of rotatable bonds is 5. The van der Waals surface area contributed by atoms with Gasteiger partial charge in [-0.25, -0.2) is 0 Å². The molecule has 0 amide bonds. The van der Waals surface area contributed by atoms with Gasteiger partial charge in [0.2, 0.25) is 0 Å². The number of hydrogen-bond acceptors (Lipinski definition) is 3. The molecule has 1 unspecified atom stereocenters. The standard InChI is InChI=1S/C15H19ClN2O2/c1-10-14(15(16)18(2)17-10)9-12(19)7-11-5-4-6-13(8-11)20-3/h4-6,8,12,19H,7,9H2,1-3H3. The highest BCUT2D eigenvalue weighted by Crippen LogP contribution is 2.22. The number of ether oxygens (including phenoxy) is 1. The van der Waals surface area contributed by atoms with E-state index in [1.54, 1.807) is 18.8 Å². The third-order valence-corrected chi connectivity index (χ3v) is 3.79. The summed E-state index contributed by atoms with van der Waals surface area (Å²) >= 11 is 6.18. The van der Waals surface area contributed by atoms with Gasteiger partial charge >= 0.3 is 0 Å². The summed E-state index contributed by atoms with van der Waals surface area (Å²) in [6, 6.07) is 7.71. The second kappa shape index (κ2) is 6.29. The maximum Gasteiger partial charge on any atom is 0.130 e. The summed E-state index contributed by atoms with van der Waals surface area (Å²) in [6.45, 7) is 1.90. The van der Waals surface area contributed by atoms with Gasteiger partial charge in [-0.05, 0) is 31.0 Å². The van der Waals surface area contributed by atoms with Crippen LogP contribution in [0.2, 0.25) is 5.15 Å². The van der Waals surface area contributed by atoms with E-state index in [0.29, 0.717) is 18.0 Å². The molecule has 1 N–H and O–H groups in total. The van der Waals surface area contributed by atoms with Crippen molar-refractivity contribution in [2.75, 3.05) is 7.11 Å². The molecule has 1 heterocycles. The molecule has 108 valence electrons. The van der Waals surface area contributed by atoms with E-state index in [1.807, 2.05) is 31.2 Å². The van der Waals surface area contributed by atoms with E-state index in [0.717, 1.165) is 22.6 Å². The van der Waals surface area contributed by atoms with E-state index in [1.165, 1.54) is 0 Å². The SMILES string of the molecule is COc1cccc(CC(O)Cc2c(C)nn(C)c2Cl)c1. The maximum absolute atomic E-state index is 10.2. The van der Waals surface area contributed by atoms with Crippen LogP contribution >= 0.6 is 11.6 Å². The van der Waals surface area contributed by atoms with Crippen molar-refractivity contribution in [2.24, 2.45) is 7.05 Å². The molecule has 4 nitrogen and oxygen atoms in total. The molecule has 0 radical (unpaired) electrons. The summed E-state index contributed by atoms with van der Waals surface area (Å²) < 4.78 is 6.81. The lowest BCUT2D eigenvalue weighted by Crippen LogP contribution is -2.14. The second-order valence-electron chi connectivity index (χ2n) is 4.89. The fourth-order valence-corrected chi connectivity index (χ4v) is 2.54. The molecule has 0 fully saturated rings. The van der Waals surface area contributed by atoms with Gasteiger partial charge in [0.05, 0.1) is 18.9 Å². The highest BCUT2D eigenvalue weighted by atomic mass is 35.5. The van der Waals surface area contributed by atoms with Gasteiger partial charge in [0.25, 0.3) is 0 Å². The Morgan fingerprint density at radius 1 is 1.40 bits per heavy atom. The number of benzene rings is 1. The zero-order valence-electron chi connectivity index (χ0n) is 11.9. The van der Waals surface area contributed by atoms with Crippen LogP contribution in [-0.2, 0) is 19.9 Å². The Bertz CT molecular complexity index is 596. The minimum atomic E-state index is -0.498. The van der Waals surface area contributed by atoms with Crippen LogP contribution in [0.25, 0.3) is 0 Å². The molecule has 1 aromatic heterocycles. The molecular weight excluding hydrogens is 276 g/mol. The molecule has 20 heavy (non-hydrogen) atoms. The van der Waals surface area contributed by atoms with Crippen molar-refractivity contribution in [1.29, 1.82) is 0 Å². The fourth-order valence-electron chi connectivity index (χ4n) is 2.29. The first kappa shape index (κ1) is 14.9. The van der Waals surface area contributed by atoms with E-state index in [2.05, 4.69) is 5.10 Å². The number of methoxy groups -OCH3 is 1. The Morgan fingerprint density at radius 2 is 2.15 bits per heavy atom. The van der Waals surface area contributed by atoms with Gasteiger partial charge in [-0.3, -0.25) is 4.68 Å². The quantitative estimate of drug-likeness (QED) is 0.922. The first-order valence-electron chi connectivity index (χ1n) is 6.50. The van der Waals surface area contributed by atoms with Crippen molar-refractivity contribution >= 4 is 11.6 Å².